The van der Waals surface area contributed by atoms with Gasteiger partial charge in [0.25, 0.3) is 5.91 Å². The highest BCUT2D eigenvalue weighted by molar-refractivity contribution is 5.90. The molecule has 0 bridgehead atoms. The van der Waals surface area contributed by atoms with E-state index in [2.05, 4.69) is 6.08 Å². The molecule has 2 aliphatic carbocycles. The van der Waals surface area contributed by atoms with Gasteiger partial charge in [0.1, 0.15) is 0 Å². The lowest BCUT2D eigenvalue weighted by Crippen LogP contribution is -2.36. The Bertz CT molecular complexity index is 815. The zero-order valence-electron chi connectivity index (χ0n) is 17.8. The molecular weight excluding hydrogens is 386 g/mol. The number of rotatable bonds is 9. The van der Waals surface area contributed by atoms with E-state index in [-0.39, 0.29) is 18.6 Å². The van der Waals surface area contributed by atoms with Crippen molar-refractivity contribution in [3.8, 4) is 17.2 Å². The zero-order chi connectivity index (χ0) is 21.5. The van der Waals surface area contributed by atoms with Gasteiger partial charge >= 0.3 is 5.97 Å². The molecule has 0 unspecified atom stereocenters. The molecule has 1 amide bonds. The highest BCUT2D eigenvalue weighted by atomic mass is 16.5. The van der Waals surface area contributed by atoms with Gasteiger partial charge in [0.15, 0.2) is 18.1 Å². The summed E-state index contributed by atoms with van der Waals surface area (Å²) in [4.78, 5) is 26.7. The van der Waals surface area contributed by atoms with Crippen molar-refractivity contribution in [1.29, 1.82) is 0 Å². The topological polar surface area (TPSA) is 74.3 Å². The summed E-state index contributed by atoms with van der Waals surface area (Å²) in [6, 6.07) is 3.71. The van der Waals surface area contributed by atoms with Crippen molar-refractivity contribution in [2.24, 2.45) is 0 Å². The summed E-state index contributed by atoms with van der Waals surface area (Å²) < 4.78 is 21.1. The summed E-state index contributed by atoms with van der Waals surface area (Å²) in [7, 11) is 4.58. The molecule has 0 radical (unpaired) electrons. The smallest absolute Gasteiger partial charge is 0.331 e. The molecule has 0 heterocycles. The maximum Gasteiger partial charge on any atom is 0.331 e. The first-order chi connectivity index (χ1) is 14.6. The fourth-order valence-electron chi connectivity index (χ4n) is 3.58. The first kappa shape index (κ1) is 21.7. The third-order valence-corrected chi connectivity index (χ3v) is 5.19. The van der Waals surface area contributed by atoms with Crippen molar-refractivity contribution in [2.75, 3.05) is 27.9 Å². The van der Waals surface area contributed by atoms with Gasteiger partial charge in [0.2, 0.25) is 5.75 Å². The van der Waals surface area contributed by atoms with Crippen LogP contribution in [0.4, 0.5) is 0 Å². The van der Waals surface area contributed by atoms with E-state index in [0.717, 1.165) is 44.2 Å². The van der Waals surface area contributed by atoms with Crippen LogP contribution in [0, 0.1) is 0 Å². The molecule has 1 saturated carbocycles. The summed E-state index contributed by atoms with van der Waals surface area (Å²) in [5.41, 5.74) is 1.76. The number of carbonyl (C=O) groups is 2. The summed E-state index contributed by atoms with van der Waals surface area (Å²) in [6.07, 6.45) is 11.2. The first-order valence-corrected chi connectivity index (χ1v) is 10.2. The Labute approximate surface area is 177 Å². The molecule has 0 aliphatic heterocycles. The Morgan fingerprint density at radius 2 is 1.77 bits per heavy atom. The van der Waals surface area contributed by atoms with Crippen molar-refractivity contribution in [3.05, 3.63) is 35.5 Å². The fraction of sp³-hybridized carbons (Fsp3) is 0.478. The van der Waals surface area contributed by atoms with Crippen LogP contribution in [0.5, 0.6) is 17.2 Å². The molecule has 1 aromatic rings. The fourth-order valence-corrected chi connectivity index (χ4v) is 3.58. The molecule has 0 aromatic heterocycles. The number of amides is 1. The lowest BCUT2D eigenvalue weighted by atomic mass is 10.0. The number of hydrogen-bond acceptors (Lipinski definition) is 6. The molecular formula is C23H29NO6. The maximum atomic E-state index is 12.7. The van der Waals surface area contributed by atoms with Crippen LogP contribution >= 0.6 is 0 Å². The molecule has 1 aromatic carbocycles. The van der Waals surface area contributed by atoms with Crippen LogP contribution in [0.2, 0.25) is 0 Å². The SMILES string of the molecule is COc1cc(/C=C/C(=O)OCC(=O)N(C2=CCCCC2)C2CC2)cc(OC)c1OC. The Balaban J connectivity index is 1.60. The Morgan fingerprint density at radius 1 is 1.07 bits per heavy atom. The second-order valence-electron chi connectivity index (χ2n) is 7.34. The van der Waals surface area contributed by atoms with Crippen LogP contribution in [-0.2, 0) is 14.3 Å². The van der Waals surface area contributed by atoms with E-state index >= 15 is 0 Å². The lowest BCUT2D eigenvalue weighted by Gasteiger charge is -2.27. The standard InChI is InChI=1S/C23H29NO6/c1-27-19-13-16(14-20(28-2)23(19)29-3)9-12-22(26)30-15-21(25)24(18-10-11-18)17-7-5-4-6-8-17/h7,9,12-14,18H,4-6,8,10-11,15H2,1-3H3/b12-9+. The van der Waals surface area contributed by atoms with Gasteiger partial charge in [-0.3, -0.25) is 4.79 Å². The number of nitrogens with zero attached hydrogens (tertiary/aromatic N) is 1. The van der Waals surface area contributed by atoms with Crippen LogP contribution in [0.3, 0.4) is 0 Å². The number of allylic oxidation sites excluding steroid dienone is 2. The summed E-state index contributed by atoms with van der Waals surface area (Å²) in [5.74, 6) is 0.718. The summed E-state index contributed by atoms with van der Waals surface area (Å²) >= 11 is 0. The second kappa shape index (κ2) is 10.2. The van der Waals surface area contributed by atoms with Crippen LogP contribution < -0.4 is 14.2 Å². The number of carbonyl (C=O) groups excluding carboxylic acids is 2. The largest absolute Gasteiger partial charge is 0.493 e. The number of esters is 1. The minimum atomic E-state index is -0.578. The number of methoxy groups -OCH3 is 3. The van der Waals surface area contributed by atoms with Gasteiger partial charge in [0, 0.05) is 17.8 Å². The van der Waals surface area contributed by atoms with E-state index in [0.29, 0.717) is 22.8 Å². The van der Waals surface area contributed by atoms with Crippen molar-refractivity contribution in [3.63, 3.8) is 0 Å². The second-order valence-corrected chi connectivity index (χ2v) is 7.34. The first-order valence-electron chi connectivity index (χ1n) is 10.2. The molecule has 162 valence electrons. The minimum Gasteiger partial charge on any atom is -0.493 e. The van der Waals surface area contributed by atoms with Crippen molar-refractivity contribution >= 4 is 18.0 Å². The Hall–Kier alpha value is -2.96. The molecule has 3 rings (SSSR count). The van der Waals surface area contributed by atoms with Crippen molar-refractivity contribution < 1.29 is 28.5 Å². The third kappa shape index (κ3) is 5.34. The minimum absolute atomic E-state index is 0.153. The molecule has 0 saturated heterocycles. The molecule has 0 spiro atoms. The van der Waals surface area contributed by atoms with E-state index in [1.807, 2.05) is 4.90 Å². The quantitative estimate of drug-likeness (QED) is 0.452. The molecule has 7 nitrogen and oxygen atoms in total. The summed E-state index contributed by atoms with van der Waals surface area (Å²) in [6.45, 7) is -0.258. The van der Waals surface area contributed by atoms with Crippen LogP contribution in [0.25, 0.3) is 6.08 Å². The van der Waals surface area contributed by atoms with Gasteiger partial charge in [-0.05, 0) is 62.3 Å². The van der Waals surface area contributed by atoms with Crippen molar-refractivity contribution in [2.45, 2.75) is 44.6 Å². The molecule has 1 fully saturated rings. The van der Waals surface area contributed by atoms with E-state index in [1.165, 1.54) is 27.4 Å². The van der Waals surface area contributed by atoms with E-state index in [4.69, 9.17) is 18.9 Å². The highest BCUT2D eigenvalue weighted by Gasteiger charge is 2.35. The maximum absolute atomic E-state index is 12.7. The van der Waals surface area contributed by atoms with Gasteiger partial charge in [-0.1, -0.05) is 6.08 Å². The molecule has 0 atom stereocenters. The van der Waals surface area contributed by atoms with Gasteiger partial charge in [-0.25, -0.2) is 4.79 Å². The lowest BCUT2D eigenvalue weighted by molar-refractivity contribution is -0.147. The predicted octanol–water partition coefficient (Wildman–Crippen LogP) is 3.72. The van der Waals surface area contributed by atoms with Gasteiger partial charge < -0.3 is 23.8 Å². The number of ether oxygens (including phenoxy) is 4. The highest BCUT2D eigenvalue weighted by Crippen LogP contribution is 2.38. The molecule has 2 aliphatic rings. The third-order valence-electron chi connectivity index (χ3n) is 5.19. The zero-order valence-corrected chi connectivity index (χ0v) is 17.8. The average Bonchev–Trinajstić information content (AvgIpc) is 3.61. The predicted molar refractivity (Wildman–Crippen MR) is 113 cm³/mol. The Morgan fingerprint density at radius 3 is 2.30 bits per heavy atom. The van der Waals surface area contributed by atoms with E-state index in [1.54, 1.807) is 18.2 Å². The normalized spacial score (nSPS) is 16.0. The molecule has 30 heavy (non-hydrogen) atoms. The van der Waals surface area contributed by atoms with Gasteiger partial charge in [-0.15, -0.1) is 0 Å². The number of hydrogen-bond donors (Lipinski definition) is 0. The van der Waals surface area contributed by atoms with Crippen LogP contribution in [0.1, 0.15) is 44.1 Å². The monoisotopic (exact) mass is 415 g/mol. The van der Waals surface area contributed by atoms with E-state index < -0.39 is 5.97 Å². The van der Waals surface area contributed by atoms with Gasteiger partial charge in [0.05, 0.1) is 21.3 Å². The average molecular weight is 415 g/mol. The molecule has 7 heteroatoms. The number of benzene rings is 1. The summed E-state index contributed by atoms with van der Waals surface area (Å²) in [5, 5.41) is 0. The van der Waals surface area contributed by atoms with Crippen molar-refractivity contribution in [1.82, 2.24) is 4.90 Å². The van der Waals surface area contributed by atoms with Crippen LogP contribution in [-0.4, -0.2) is 50.8 Å². The van der Waals surface area contributed by atoms with E-state index in [9.17, 15) is 9.59 Å². The van der Waals surface area contributed by atoms with Crippen LogP contribution in [0.15, 0.2) is 30.0 Å². The Kier molecular flexibility index (Phi) is 7.38. The molecule has 0 N–H and O–H groups in total. The van der Waals surface area contributed by atoms with Gasteiger partial charge in [-0.2, -0.15) is 0 Å².